The first-order chi connectivity index (χ1) is 12.7. The van der Waals surface area contributed by atoms with Crippen LogP contribution in [0.2, 0.25) is 5.02 Å². The van der Waals surface area contributed by atoms with Gasteiger partial charge in [0.1, 0.15) is 0 Å². The molecule has 1 amide bonds. The molecule has 1 atom stereocenters. The first kappa shape index (κ1) is 17.6. The maximum absolute atomic E-state index is 12.1. The van der Waals surface area contributed by atoms with Crippen molar-refractivity contribution in [2.45, 2.75) is 19.4 Å². The zero-order valence-electron chi connectivity index (χ0n) is 14.4. The highest BCUT2D eigenvalue weighted by Gasteiger charge is 2.23. The molecule has 5 nitrogen and oxygen atoms in total. The maximum atomic E-state index is 12.1. The van der Waals surface area contributed by atoms with Gasteiger partial charge in [0.25, 0.3) is 5.91 Å². The number of benzene rings is 1. The third kappa shape index (κ3) is 3.98. The number of hydrogen-bond acceptors (Lipinski definition) is 5. The summed E-state index contributed by atoms with van der Waals surface area (Å²) in [6, 6.07) is 7.57. The number of hydrogen-bond donors (Lipinski definition) is 1. The highest BCUT2D eigenvalue weighted by atomic mass is 35.5. The maximum Gasteiger partial charge on any atom is 0.261 e. The largest absolute Gasteiger partial charge is 0.454 e. The molecule has 0 saturated carbocycles. The van der Waals surface area contributed by atoms with E-state index in [2.05, 4.69) is 10.2 Å². The fourth-order valence-corrected chi connectivity index (χ4v) is 4.37. The molecule has 7 heteroatoms. The number of likely N-dealkylation sites (tertiary alicyclic amines) is 1. The molecule has 1 aromatic heterocycles. The standard InChI is InChI=1S/C19H21ClN2O3S/c20-15-8-17-16(24-12-25-17)7-14(15)11-22-5-1-3-13(10-22)9-21-19(23)18-4-2-6-26-18/h2,4,6-8,13H,1,3,5,9-12H2,(H,21,23). The number of halogens is 1. The van der Waals surface area contributed by atoms with Crippen LogP contribution in [0, 0.1) is 5.92 Å². The number of carbonyl (C=O) groups is 1. The summed E-state index contributed by atoms with van der Waals surface area (Å²) in [5.74, 6) is 1.96. The van der Waals surface area contributed by atoms with Crippen molar-refractivity contribution in [1.29, 1.82) is 0 Å². The van der Waals surface area contributed by atoms with Crippen molar-refractivity contribution in [3.8, 4) is 11.5 Å². The van der Waals surface area contributed by atoms with Crippen LogP contribution in [0.5, 0.6) is 11.5 Å². The van der Waals surface area contributed by atoms with E-state index in [1.807, 2.05) is 29.6 Å². The first-order valence-corrected chi connectivity index (χ1v) is 10.1. The van der Waals surface area contributed by atoms with Gasteiger partial charge in [-0.3, -0.25) is 9.69 Å². The zero-order chi connectivity index (χ0) is 17.9. The van der Waals surface area contributed by atoms with Crippen LogP contribution in [0.25, 0.3) is 0 Å². The van der Waals surface area contributed by atoms with Crippen molar-refractivity contribution in [3.05, 3.63) is 45.1 Å². The van der Waals surface area contributed by atoms with Gasteiger partial charge in [0, 0.05) is 30.7 Å². The summed E-state index contributed by atoms with van der Waals surface area (Å²) in [4.78, 5) is 15.3. The number of piperidine rings is 1. The monoisotopic (exact) mass is 392 g/mol. The lowest BCUT2D eigenvalue weighted by Crippen LogP contribution is -2.40. The van der Waals surface area contributed by atoms with Gasteiger partial charge >= 0.3 is 0 Å². The Balaban J connectivity index is 1.33. The third-order valence-corrected chi connectivity index (χ3v) is 6.06. The SMILES string of the molecule is O=C(NCC1CCCN(Cc2cc3c(cc2Cl)OCO3)C1)c1cccs1. The molecule has 3 heterocycles. The predicted octanol–water partition coefficient (Wildman–Crippen LogP) is 3.77. The fourth-order valence-electron chi connectivity index (χ4n) is 3.51. The zero-order valence-corrected chi connectivity index (χ0v) is 15.9. The number of ether oxygens (including phenoxy) is 2. The average Bonchev–Trinajstić information content (AvgIpc) is 3.32. The van der Waals surface area contributed by atoms with Crippen molar-refractivity contribution < 1.29 is 14.3 Å². The second-order valence-electron chi connectivity index (χ2n) is 6.73. The van der Waals surface area contributed by atoms with Gasteiger partial charge in [-0.2, -0.15) is 0 Å². The van der Waals surface area contributed by atoms with E-state index in [1.54, 1.807) is 0 Å². The highest BCUT2D eigenvalue weighted by molar-refractivity contribution is 7.12. The molecular weight excluding hydrogens is 372 g/mol. The van der Waals surface area contributed by atoms with E-state index in [9.17, 15) is 4.79 Å². The van der Waals surface area contributed by atoms with Gasteiger partial charge in [0.15, 0.2) is 11.5 Å². The summed E-state index contributed by atoms with van der Waals surface area (Å²) in [5, 5.41) is 5.70. The number of nitrogens with one attached hydrogen (secondary N) is 1. The molecule has 2 aliphatic heterocycles. The Labute approximate surface area is 161 Å². The summed E-state index contributed by atoms with van der Waals surface area (Å²) in [7, 11) is 0. The Morgan fingerprint density at radius 2 is 2.19 bits per heavy atom. The van der Waals surface area contributed by atoms with Crippen LogP contribution in [-0.4, -0.2) is 37.2 Å². The van der Waals surface area contributed by atoms with E-state index in [4.69, 9.17) is 21.1 Å². The van der Waals surface area contributed by atoms with Crippen LogP contribution in [0.3, 0.4) is 0 Å². The summed E-state index contributed by atoms with van der Waals surface area (Å²) >= 11 is 7.88. The van der Waals surface area contributed by atoms with Gasteiger partial charge < -0.3 is 14.8 Å². The highest BCUT2D eigenvalue weighted by Crippen LogP contribution is 2.37. The van der Waals surface area contributed by atoms with E-state index < -0.39 is 0 Å². The number of thiophene rings is 1. The minimum Gasteiger partial charge on any atom is -0.454 e. The molecule has 26 heavy (non-hydrogen) atoms. The van der Waals surface area contributed by atoms with Crippen molar-refractivity contribution in [1.82, 2.24) is 10.2 Å². The normalized spacial score (nSPS) is 19.5. The van der Waals surface area contributed by atoms with Gasteiger partial charge in [-0.1, -0.05) is 17.7 Å². The molecule has 1 unspecified atom stereocenters. The van der Waals surface area contributed by atoms with Crippen LogP contribution in [0.1, 0.15) is 28.1 Å². The minimum atomic E-state index is 0.0240. The van der Waals surface area contributed by atoms with Gasteiger partial charge in [0.2, 0.25) is 6.79 Å². The van der Waals surface area contributed by atoms with Crippen molar-refractivity contribution in [3.63, 3.8) is 0 Å². The molecular formula is C19H21ClN2O3S. The van der Waals surface area contributed by atoms with E-state index in [1.165, 1.54) is 11.3 Å². The van der Waals surface area contributed by atoms with Crippen molar-refractivity contribution >= 4 is 28.8 Å². The predicted molar refractivity (Wildman–Crippen MR) is 102 cm³/mol. The van der Waals surface area contributed by atoms with Gasteiger partial charge in [-0.25, -0.2) is 0 Å². The number of amides is 1. The number of fused-ring (bicyclic) bond motifs is 1. The Hall–Kier alpha value is -1.76. The van der Waals surface area contributed by atoms with E-state index in [-0.39, 0.29) is 12.7 Å². The third-order valence-electron chi connectivity index (χ3n) is 4.83. The molecule has 2 aromatic rings. The molecule has 2 aliphatic rings. The molecule has 138 valence electrons. The van der Waals surface area contributed by atoms with Gasteiger partial charge in [-0.15, -0.1) is 11.3 Å². The average molecular weight is 393 g/mol. The molecule has 0 radical (unpaired) electrons. The fraction of sp³-hybridized carbons (Fsp3) is 0.421. The minimum absolute atomic E-state index is 0.0240. The van der Waals surface area contributed by atoms with Crippen LogP contribution in [0.4, 0.5) is 0 Å². The number of rotatable bonds is 5. The van der Waals surface area contributed by atoms with Crippen LogP contribution in [0.15, 0.2) is 29.6 Å². The molecule has 1 fully saturated rings. The van der Waals surface area contributed by atoms with E-state index in [0.29, 0.717) is 23.2 Å². The Morgan fingerprint density at radius 3 is 3.00 bits per heavy atom. The van der Waals surface area contributed by atoms with Gasteiger partial charge in [0.05, 0.1) is 4.88 Å². The Bertz CT molecular complexity index is 781. The molecule has 1 N–H and O–H groups in total. The summed E-state index contributed by atoms with van der Waals surface area (Å²) in [6.07, 6.45) is 2.26. The lowest BCUT2D eigenvalue weighted by Gasteiger charge is -2.33. The lowest BCUT2D eigenvalue weighted by atomic mass is 9.97. The second-order valence-corrected chi connectivity index (χ2v) is 8.08. The summed E-state index contributed by atoms with van der Waals surface area (Å²) in [5.41, 5.74) is 1.05. The van der Waals surface area contributed by atoms with E-state index >= 15 is 0 Å². The Kier molecular flexibility index (Phi) is 5.33. The van der Waals surface area contributed by atoms with Gasteiger partial charge in [-0.05, 0) is 48.4 Å². The molecule has 1 saturated heterocycles. The second kappa shape index (κ2) is 7.86. The van der Waals surface area contributed by atoms with Crippen molar-refractivity contribution in [2.75, 3.05) is 26.4 Å². The van der Waals surface area contributed by atoms with Crippen LogP contribution < -0.4 is 14.8 Å². The van der Waals surface area contributed by atoms with Crippen molar-refractivity contribution in [2.24, 2.45) is 5.92 Å². The smallest absolute Gasteiger partial charge is 0.261 e. The van der Waals surface area contributed by atoms with Crippen LogP contribution >= 0.6 is 22.9 Å². The Morgan fingerprint density at radius 1 is 1.35 bits per heavy atom. The molecule has 1 aromatic carbocycles. The quantitative estimate of drug-likeness (QED) is 0.841. The number of nitrogens with zero attached hydrogens (tertiary/aromatic N) is 1. The molecule has 0 aliphatic carbocycles. The first-order valence-electron chi connectivity index (χ1n) is 8.81. The molecule has 4 rings (SSSR count). The molecule has 0 bridgehead atoms. The molecule has 0 spiro atoms. The lowest BCUT2D eigenvalue weighted by molar-refractivity contribution is 0.0934. The topological polar surface area (TPSA) is 50.8 Å². The van der Waals surface area contributed by atoms with E-state index in [0.717, 1.165) is 48.7 Å². The van der Waals surface area contributed by atoms with Crippen LogP contribution in [-0.2, 0) is 6.54 Å². The summed E-state index contributed by atoms with van der Waals surface area (Å²) in [6.45, 7) is 3.74. The summed E-state index contributed by atoms with van der Waals surface area (Å²) < 4.78 is 10.8. The number of carbonyl (C=O) groups excluding carboxylic acids is 1.